The average molecular weight is 218 g/mol. The van der Waals surface area contributed by atoms with E-state index < -0.39 is 0 Å². The van der Waals surface area contributed by atoms with Gasteiger partial charge < -0.3 is 5.32 Å². The topological polar surface area (TPSA) is 42.0 Å². The Hall–Kier alpha value is -1.97. The Balaban J connectivity index is 2.44. The quantitative estimate of drug-likeness (QED) is 0.838. The molecule has 0 aliphatic rings. The molecule has 0 aliphatic heterocycles. The minimum atomic E-state index is -0.328. The van der Waals surface area contributed by atoms with Crippen LogP contribution in [-0.4, -0.2) is 17.4 Å². The van der Waals surface area contributed by atoms with Crippen molar-refractivity contribution in [2.75, 3.05) is 6.54 Å². The van der Waals surface area contributed by atoms with Crippen molar-refractivity contribution in [3.8, 4) is 0 Å². The molecule has 82 valence electrons. The van der Waals surface area contributed by atoms with Gasteiger partial charge in [-0.25, -0.2) is 4.39 Å². The summed E-state index contributed by atoms with van der Waals surface area (Å²) in [6.45, 7) is 2.42. The Bertz CT molecular complexity index is 540. The van der Waals surface area contributed by atoms with Gasteiger partial charge in [0.2, 0.25) is 0 Å². The Morgan fingerprint density at radius 3 is 3.00 bits per heavy atom. The number of nitrogens with one attached hydrogen (secondary N) is 1. The number of aromatic nitrogens is 1. The zero-order chi connectivity index (χ0) is 11.5. The van der Waals surface area contributed by atoms with Crippen LogP contribution in [0.15, 0.2) is 30.5 Å². The highest BCUT2D eigenvalue weighted by molar-refractivity contribution is 5.97. The van der Waals surface area contributed by atoms with Crippen molar-refractivity contribution in [3.05, 3.63) is 41.8 Å². The van der Waals surface area contributed by atoms with Crippen LogP contribution in [0.25, 0.3) is 10.9 Å². The largest absolute Gasteiger partial charge is 0.352 e. The second kappa shape index (κ2) is 4.26. The predicted octanol–water partition coefficient (Wildman–Crippen LogP) is 2.12. The second-order valence-electron chi connectivity index (χ2n) is 3.42. The standard InChI is InChI=1S/C12H11FN2O/c1-2-14-12(16)9-5-8-3-4-10(13)6-11(8)15-7-9/h3-7H,2H2,1H3,(H,14,16). The molecule has 0 unspecified atom stereocenters. The average Bonchev–Trinajstić information content (AvgIpc) is 2.28. The van der Waals surface area contributed by atoms with Crippen LogP contribution in [0, 0.1) is 5.82 Å². The summed E-state index contributed by atoms with van der Waals surface area (Å²) in [4.78, 5) is 15.6. The molecule has 2 aromatic rings. The Morgan fingerprint density at radius 2 is 2.25 bits per heavy atom. The molecule has 0 aliphatic carbocycles. The van der Waals surface area contributed by atoms with E-state index in [-0.39, 0.29) is 11.7 Å². The number of carbonyl (C=O) groups excluding carboxylic acids is 1. The molecule has 2 rings (SSSR count). The van der Waals surface area contributed by atoms with Crippen molar-refractivity contribution >= 4 is 16.8 Å². The van der Waals surface area contributed by atoms with Gasteiger partial charge >= 0.3 is 0 Å². The maximum Gasteiger partial charge on any atom is 0.252 e. The number of halogens is 1. The third-order valence-corrected chi connectivity index (χ3v) is 2.25. The molecule has 1 amide bonds. The van der Waals surface area contributed by atoms with Gasteiger partial charge in [0.05, 0.1) is 11.1 Å². The lowest BCUT2D eigenvalue weighted by molar-refractivity contribution is 0.0955. The van der Waals surface area contributed by atoms with Crippen molar-refractivity contribution < 1.29 is 9.18 Å². The molecular weight excluding hydrogens is 207 g/mol. The lowest BCUT2D eigenvalue weighted by atomic mass is 10.1. The van der Waals surface area contributed by atoms with Crippen LogP contribution in [-0.2, 0) is 0 Å². The summed E-state index contributed by atoms with van der Waals surface area (Å²) < 4.78 is 12.9. The number of hydrogen-bond acceptors (Lipinski definition) is 2. The minimum absolute atomic E-state index is 0.166. The second-order valence-corrected chi connectivity index (χ2v) is 3.42. The van der Waals surface area contributed by atoms with Crippen LogP contribution in [0.4, 0.5) is 4.39 Å². The van der Waals surface area contributed by atoms with E-state index in [4.69, 9.17) is 0 Å². The maximum absolute atomic E-state index is 12.9. The first-order chi connectivity index (χ1) is 7.70. The molecule has 3 nitrogen and oxygen atoms in total. The Morgan fingerprint density at radius 1 is 1.44 bits per heavy atom. The van der Waals surface area contributed by atoms with E-state index in [0.29, 0.717) is 17.6 Å². The van der Waals surface area contributed by atoms with E-state index in [1.807, 2.05) is 6.92 Å². The highest BCUT2D eigenvalue weighted by Gasteiger charge is 2.06. The molecule has 1 aromatic heterocycles. The van der Waals surface area contributed by atoms with Gasteiger partial charge in [0, 0.05) is 24.2 Å². The molecule has 0 saturated heterocycles. The third-order valence-electron chi connectivity index (χ3n) is 2.25. The fourth-order valence-corrected chi connectivity index (χ4v) is 1.48. The van der Waals surface area contributed by atoms with Gasteiger partial charge in [-0.15, -0.1) is 0 Å². The molecule has 4 heteroatoms. The molecule has 0 radical (unpaired) electrons. The fourth-order valence-electron chi connectivity index (χ4n) is 1.48. The summed E-state index contributed by atoms with van der Waals surface area (Å²) in [7, 11) is 0. The Labute approximate surface area is 92.3 Å². The van der Waals surface area contributed by atoms with Crippen molar-refractivity contribution in [2.45, 2.75) is 6.92 Å². The Kier molecular flexibility index (Phi) is 2.81. The SMILES string of the molecule is CCNC(=O)c1cnc2cc(F)ccc2c1. The summed E-state index contributed by atoms with van der Waals surface area (Å²) in [6.07, 6.45) is 1.45. The molecule has 0 saturated carbocycles. The smallest absolute Gasteiger partial charge is 0.252 e. The van der Waals surface area contributed by atoms with E-state index in [2.05, 4.69) is 10.3 Å². The van der Waals surface area contributed by atoms with Gasteiger partial charge in [0.1, 0.15) is 5.82 Å². The monoisotopic (exact) mass is 218 g/mol. The summed E-state index contributed by atoms with van der Waals surface area (Å²) in [5.74, 6) is -0.494. The minimum Gasteiger partial charge on any atom is -0.352 e. The maximum atomic E-state index is 12.9. The van der Waals surface area contributed by atoms with E-state index in [1.54, 1.807) is 12.1 Å². The molecule has 0 atom stereocenters. The number of carbonyl (C=O) groups is 1. The predicted molar refractivity (Wildman–Crippen MR) is 59.7 cm³/mol. The normalized spacial score (nSPS) is 10.4. The first-order valence-corrected chi connectivity index (χ1v) is 5.04. The molecular formula is C12H11FN2O. The van der Waals surface area contributed by atoms with Crippen LogP contribution >= 0.6 is 0 Å². The lowest BCUT2D eigenvalue weighted by Crippen LogP contribution is -2.22. The van der Waals surface area contributed by atoms with Crippen molar-refractivity contribution in [1.82, 2.24) is 10.3 Å². The van der Waals surface area contributed by atoms with Crippen LogP contribution in [0.2, 0.25) is 0 Å². The van der Waals surface area contributed by atoms with Gasteiger partial charge in [-0.2, -0.15) is 0 Å². The van der Waals surface area contributed by atoms with Crippen LogP contribution in [0.3, 0.4) is 0 Å². The summed E-state index contributed by atoms with van der Waals surface area (Å²) in [5.41, 5.74) is 1.04. The highest BCUT2D eigenvalue weighted by atomic mass is 19.1. The number of amides is 1. The van der Waals surface area contributed by atoms with Crippen molar-refractivity contribution in [1.29, 1.82) is 0 Å². The van der Waals surface area contributed by atoms with Gasteiger partial charge in [0.25, 0.3) is 5.91 Å². The number of nitrogens with zero attached hydrogens (tertiary/aromatic N) is 1. The van der Waals surface area contributed by atoms with Crippen LogP contribution < -0.4 is 5.32 Å². The number of hydrogen-bond donors (Lipinski definition) is 1. The lowest BCUT2D eigenvalue weighted by Gasteiger charge is -2.03. The van der Waals surface area contributed by atoms with Crippen LogP contribution in [0.5, 0.6) is 0 Å². The van der Waals surface area contributed by atoms with E-state index in [1.165, 1.54) is 18.3 Å². The molecule has 1 N–H and O–H groups in total. The molecule has 1 aromatic carbocycles. The van der Waals surface area contributed by atoms with E-state index in [9.17, 15) is 9.18 Å². The summed E-state index contributed by atoms with van der Waals surface area (Å²) >= 11 is 0. The number of fused-ring (bicyclic) bond motifs is 1. The van der Waals surface area contributed by atoms with Crippen molar-refractivity contribution in [2.24, 2.45) is 0 Å². The third kappa shape index (κ3) is 2.00. The highest BCUT2D eigenvalue weighted by Crippen LogP contribution is 2.14. The zero-order valence-electron chi connectivity index (χ0n) is 8.83. The summed E-state index contributed by atoms with van der Waals surface area (Å²) in [6, 6.07) is 6.01. The first-order valence-electron chi connectivity index (χ1n) is 5.04. The van der Waals surface area contributed by atoms with Crippen molar-refractivity contribution in [3.63, 3.8) is 0 Å². The molecule has 0 spiro atoms. The molecule has 0 bridgehead atoms. The number of benzene rings is 1. The van der Waals surface area contributed by atoms with E-state index in [0.717, 1.165) is 5.39 Å². The molecule has 1 heterocycles. The first kappa shape index (κ1) is 10.5. The fraction of sp³-hybridized carbons (Fsp3) is 0.167. The number of pyridine rings is 1. The van der Waals surface area contributed by atoms with Crippen LogP contribution in [0.1, 0.15) is 17.3 Å². The van der Waals surface area contributed by atoms with Gasteiger partial charge in [-0.1, -0.05) is 0 Å². The van der Waals surface area contributed by atoms with Gasteiger partial charge in [0.15, 0.2) is 0 Å². The van der Waals surface area contributed by atoms with Gasteiger partial charge in [-0.3, -0.25) is 9.78 Å². The summed E-state index contributed by atoms with van der Waals surface area (Å²) in [5, 5.41) is 3.44. The molecule has 16 heavy (non-hydrogen) atoms. The number of rotatable bonds is 2. The zero-order valence-corrected chi connectivity index (χ0v) is 8.83. The molecule has 0 fully saturated rings. The van der Waals surface area contributed by atoms with Gasteiger partial charge in [-0.05, 0) is 25.1 Å². The van der Waals surface area contributed by atoms with E-state index >= 15 is 0 Å².